The fourth-order valence-electron chi connectivity index (χ4n) is 4.44. The van der Waals surface area contributed by atoms with Crippen molar-refractivity contribution in [3.05, 3.63) is 35.0 Å². The van der Waals surface area contributed by atoms with Crippen LogP contribution >= 0.6 is 0 Å². The number of anilines is 1. The van der Waals surface area contributed by atoms with Crippen molar-refractivity contribution in [3.8, 4) is 11.4 Å². The third-order valence-electron chi connectivity index (χ3n) is 6.18. The van der Waals surface area contributed by atoms with E-state index in [4.69, 9.17) is 0 Å². The van der Waals surface area contributed by atoms with Gasteiger partial charge in [-0.1, -0.05) is 0 Å². The lowest BCUT2D eigenvalue weighted by Gasteiger charge is -2.28. The summed E-state index contributed by atoms with van der Waals surface area (Å²) in [6, 6.07) is 4.46. The molecule has 4 rings (SSSR count). The van der Waals surface area contributed by atoms with Crippen LogP contribution in [0.5, 0.6) is 0 Å². The molecule has 0 aliphatic heterocycles. The number of aromatic nitrogens is 3. The molecule has 0 spiro atoms. The third kappa shape index (κ3) is 3.46. The van der Waals surface area contributed by atoms with Crippen LogP contribution in [-0.2, 0) is 23.1 Å². The standard InChI is InChI=1S/C23H31N5O/c1-23(2,14-29)18-12-19-17(11-20(18)28(4)10-6-9-24-3)16-8-5-7-15-13-25-27-21(15)22(16)26-19/h11-14,24,26H,5-10H2,1-4H3,(H,25,27). The molecule has 0 saturated heterocycles. The maximum atomic E-state index is 11.9. The number of fused-ring (bicyclic) bond motifs is 5. The molecule has 0 bridgehead atoms. The highest BCUT2D eigenvalue weighted by atomic mass is 16.1. The second-order valence-electron chi connectivity index (χ2n) is 8.74. The van der Waals surface area contributed by atoms with Gasteiger partial charge in [0.05, 0.1) is 17.6 Å². The summed E-state index contributed by atoms with van der Waals surface area (Å²) < 4.78 is 0. The Balaban J connectivity index is 1.88. The minimum Gasteiger partial charge on any atom is -0.374 e. The minimum atomic E-state index is -0.553. The summed E-state index contributed by atoms with van der Waals surface area (Å²) in [5.74, 6) is 0. The van der Waals surface area contributed by atoms with Crippen LogP contribution in [0.15, 0.2) is 18.3 Å². The van der Waals surface area contributed by atoms with Crippen molar-refractivity contribution in [2.75, 3.05) is 32.1 Å². The van der Waals surface area contributed by atoms with E-state index in [0.29, 0.717) is 0 Å². The zero-order chi connectivity index (χ0) is 20.6. The van der Waals surface area contributed by atoms with E-state index in [-0.39, 0.29) is 0 Å². The van der Waals surface area contributed by atoms with Gasteiger partial charge in [0.25, 0.3) is 0 Å². The van der Waals surface area contributed by atoms with Crippen LogP contribution < -0.4 is 10.2 Å². The lowest BCUT2D eigenvalue weighted by atomic mass is 9.84. The maximum absolute atomic E-state index is 11.9. The second kappa shape index (κ2) is 7.67. The Hall–Kier alpha value is -2.60. The van der Waals surface area contributed by atoms with Gasteiger partial charge in [0, 0.05) is 35.6 Å². The van der Waals surface area contributed by atoms with Gasteiger partial charge < -0.3 is 20.0 Å². The summed E-state index contributed by atoms with van der Waals surface area (Å²) in [6.07, 6.45) is 7.24. The van der Waals surface area contributed by atoms with Crippen LogP contribution in [0.2, 0.25) is 0 Å². The van der Waals surface area contributed by atoms with Gasteiger partial charge in [-0.2, -0.15) is 5.10 Å². The molecule has 1 aromatic carbocycles. The number of hydrogen-bond donors (Lipinski definition) is 3. The van der Waals surface area contributed by atoms with E-state index in [9.17, 15) is 4.79 Å². The predicted octanol–water partition coefficient (Wildman–Crippen LogP) is 3.57. The average Bonchev–Trinajstić information content (AvgIpc) is 3.27. The second-order valence-corrected chi connectivity index (χ2v) is 8.74. The number of aryl methyl sites for hydroxylation is 2. The number of hydrogen-bond acceptors (Lipinski definition) is 4. The monoisotopic (exact) mass is 393 g/mol. The van der Waals surface area contributed by atoms with Crippen molar-refractivity contribution >= 4 is 22.9 Å². The summed E-state index contributed by atoms with van der Waals surface area (Å²) in [6.45, 7) is 5.90. The number of nitrogens with one attached hydrogen (secondary N) is 3. The van der Waals surface area contributed by atoms with Crippen LogP contribution in [0.4, 0.5) is 5.69 Å². The largest absolute Gasteiger partial charge is 0.374 e. The van der Waals surface area contributed by atoms with E-state index in [1.54, 1.807) is 0 Å². The van der Waals surface area contributed by atoms with E-state index < -0.39 is 5.41 Å². The normalized spacial score (nSPS) is 13.8. The molecule has 6 nitrogen and oxygen atoms in total. The summed E-state index contributed by atoms with van der Waals surface area (Å²) in [5, 5.41) is 11.9. The molecule has 2 aromatic heterocycles. The molecule has 0 atom stereocenters. The van der Waals surface area contributed by atoms with Gasteiger partial charge in [0.2, 0.25) is 0 Å². The first-order chi connectivity index (χ1) is 14.0. The smallest absolute Gasteiger partial charge is 0.130 e. The maximum Gasteiger partial charge on any atom is 0.130 e. The Bertz CT molecular complexity index is 1030. The van der Waals surface area contributed by atoms with E-state index >= 15 is 0 Å². The summed E-state index contributed by atoms with van der Waals surface area (Å²) in [4.78, 5) is 17.8. The van der Waals surface area contributed by atoms with Crippen LogP contribution in [0.3, 0.4) is 0 Å². The molecule has 0 amide bonds. The fourth-order valence-corrected chi connectivity index (χ4v) is 4.44. The van der Waals surface area contributed by atoms with Gasteiger partial charge in [-0.25, -0.2) is 0 Å². The molecule has 0 radical (unpaired) electrons. The molecule has 154 valence electrons. The average molecular weight is 394 g/mol. The fraction of sp³-hybridized carbons (Fsp3) is 0.478. The predicted molar refractivity (Wildman–Crippen MR) is 119 cm³/mol. The number of carbonyl (C=O) groups is 1. The molecule has 0 fully saturated rings. The Morgan fingerprint density at radius 3 is 2.86 bits per heavy atom. The molecule has 1 aliphatic rings. The van der Waals surface area contributed by atoms with Crippen LogP contribution in [-0.4, -0.2) is 48.7 Å². The highest BCUT2D eigenvalue weighted by Gasteiger charge is 2.28. The zero-order valence-corrected chi connectivity index (χ0v) is 17.9. The molecule has 3 N–H and O–H groups in total. The lowest BCUT2D eigenvalue weighted by molar-refractivity contribution is -0.111. The zero-order valence-electron chi connectivity index (χ0n) is 17.9. The first kappa shape index (κ1) is 19.7. The first-order valence-corrected chi connectivity index (χ1v) is 10.5. The third-order valence-corrected chi connectivity index (χ3v) is 6.18. The Kier molecular flexibility index (Phi) is 5.21. The highest BCUT2D eigenvalue weighted by Crippen LogP contribution is 2.40. The number of aldehydes is 1. The van der Waals surface area contributed by atoms with Gasteiger partial charge in [0.15, 0.2) is 0 Å². The van der Waals surface area contributed by atoms with Gasteiger partial charge in [-0.15, -0.1) is 0 Å². The SMILES string of the molecule is CNCCCN(C)c1cc2c3c([nH]c2cc1C(C)(C)C=O)-c1[nH]ncc1CCC3. The van der Waals surface area contributed by atoms with Crippen LogP contribution in [0.25, 0.3) is 22.3 Å². The summed E-state index contributed by atoms with van der Waals surface area (Å²) >= 11 is 0. The quantitative estimate of drug-likeness (QED) is 0.424. The molecular formula is C23H31N5O. The number of carbonyl (C=O) groups excluding carboxylic acids is 1. The van der Waals surface area contributed by atoms with E-state index in [2.05, 4.69) is 44.6 Å². The number of aromatic amines is 2. The van der Waals surface area contributed by atoms with Gasteiger partial charge >= 0.3 is 0 Å². The van der Waals surface area contributed by atoms with Gasteiger partial charge in [-0.3, -0.25) is 5.10 Å². The molecule has 0 unspecified atom stereocenters. The molecule has 1 aliphatic carbocycles. The van der Waals surface area contributed by atoms with Gasteiger partial charge in [-0.05, 0) is 81.9 Å². The lowest BCUT2D eigenvalue weighted by Crippen LogP contribution is -2.27. The summed E-state index contributed by atoms with van der Waals surface area (Å²) in [5.41, 5.74) is 7.62. The molecular weight excluding hydrogens is 362 g/mol. The minimum absolute atomic E-state index is 0.553. The van der Waals surface area contributed by atoms with Crippen molar-refractivity contribution in [2.24, 2.45) is 0 Å². The number of benzene rings is 1. The van der Waals surface area contributed by atoms with E-state index in [1.807, 2.05) is 27.1 Å². The molecule has 0 saturated carbocycles. The van der Waals surface area contributed by atoms with Crippen molar-refractivity contribution in [1.82, 2.24) is 20.5 Å². The topological polar surface area (TPSA) is 76.8 Å². The molecule has 29 heavy (non-hydrogen) atoms. The van der Waals surface area contributed by atoms with Crippen molar-refractivity contribution in [1.29, 1.82) is 0 Å². The van der Waals surface area contributed by atoms with E-state index in [0.717, 1.165) is 73.2 Å². The number of nitrogens with zero attached hydrogens (tertiary/aromatic N) is 2. The van der Waals surface area contributed by atoms with E-state index in [1.165, 1.54) is 16.5 Å². The van der Waals surface area contributed by atoms with Crippen molar-refractivity contribution in [2.45, 2.75) is 44.9 Å². The first-order valence-electron chi connectivity index (χ1n) is 10.5. The molecule has 3 aromatic rings. The van der Waals surface area contributed by atoms with Crippen molar-refractivity contribution < 1.29 is 4.79 Å². The Morgan fingerprint density at radius 1 is 1.28 bits per heavy atom. The number of H-pyrrole nitrogens is 2. The Labute approximate surface area is 172 Å². The number of rotatable bonds is 7. The molecule has 6 heteroatoms. The van der Waals surface area contributed by atoms with Crippen LogP contribution in [0.1, 0.15) is 43.4 Å². The summed E-state index contributed by atoms with van der Waals surface area (Å²) in [7, 11) is 4.10. The van der Waals surface area contributed by atoms with Crippen LogP contribution in [0, 0.1) is 0 Å². The van der Waals surface area contributed by atoms with Gasteiger partial charge in [0.1, 0.15) is 6.29 Å². The Morgan fingerprint density at radius 2 is 2.10 bits per heavy atom. The highest BCUT2D eigenvalue weighted by molar-refractivity contribution is 5.95. The van der Waals surface area contributed by atoms with Crippen molar-refractivity contribution in [3.63, 3.8) is 0 Å². The molecule has 2 heterocycles.